The molecule has 0 heterocycles. The molecular weight excluding hydrogens is 190 g/mol. The molecule has 0 fully saturated rings. The van der Waals surface area contributed by atoms with Gasteiger partial charge in [-0.15, -0.1) is 0 Å². The predicted molar refractivity (Wildman–Crippen MR) is 61.6 cm³/mol. The fourth-order valence-electron chi connectivity index (χ4n) is 1.47. The van der Waals surface area contributed by atoms with E-state index in [-0.39, 0.29) is 5.91 Å². The Hall–Kier alpha value is -0.830. The highest BCUT2D eigenvalue weighted by Crippen LogP contribution is 2.14. The van der Waals surface area contributed by atoms with Crippen LogP contribution in [0.3, 0.4) is 0 Å². The molecule has 0 spiro atoms. The lowest BCUT2D eigenvalue weighted by Gasteiger charge is -2.21. The van der Waals surface area contributed by atoms with Gasteiger partial charge in [0, 0.05) is 5.57 Å². The van der Waals surface area contributed by atoms with E-state index in [0.717, 1.165) is 30.7 Å². The molecular formula is C12H23NO2. The van der Waals surface area contributed by atoms with Crippen molar-refractivity contribution in [1.29, 1.82) is 0 Å². The molecule has 3 nitrogen and oxygen atoms in total. The first-order chi connectivity index (χ1) is 7.02. The lowest BCUT2D eigenvalue weighted by atomic mass is 9.99. The summed E-state index contributed by atoms with van der Waals surface area (Å²) in [7, 11) is 0. The van der Waals surface area contributed by atoms with Crippen molar-refractivity contribution < 1.29 is 10.0 Å². The molecule has 3 heteroatoms. The van der Waals surface area contributed by atoms with E-state index in [4.69, 9.17) is 0 Å². The average molecular weight is 213 g/mol. The summed E-state index contributed by atoms with van der Waals surface area (Å²) in [6.45, 7) is 9.77. The molecule has 0 bridgehead atoms. The van der Waals surface area contributed by atoms with Crippen LogP contribution >= 0.6 is 0 Å². The Labute approximate surface area is 92.7 Å². The van der Waals surface area contributed by atoms with Gasteiger partial charge in [0.05, 0.1) is 6.54 Å². The lowest BCUT2D eigenvalue weighted by molar-refractivity contribution is -0.163. The highest BCUT2D eigenvalue weighted by atomic mass is 16.5. The zero-order chi connectivity index (χ0) is 11.8. The number of carbonyl (C=O) groups is 1. The van der Waals surface area contributed by atoms with Crippen LogP contribution in [-0.2, 0) is 4.79 Å². The van der Waals surface area contributed by atoms with Crippen LogP contribution in [0.25, 0.3) is 0 Å². The molecule has 0 rings (SSSR count). The zero-order valence-corrected chi connectivity index (χ0v) is 10.1. The number of hydrogen-bond donors (Lipinski definition) is 1. The standard InChI is InChI=1S/C12H23NO2/c1-5-7-8-11(6-2)9-13(15)12(14)10(3)4/h11,15H,3,5-9H2,1-2,4H3. The van der Waals surface area contributed by atoms with Crippen molar-refractivity contribution in [3.05, 3.63) is 12.2 Å². The molecule has 0 aromatic heterocycles. The van der Waals surface area contributed by atoms with Crippen molar-refractivity contribution in [3.63, 3.8) is 0 Å². The molecule has 1 unspecified atom stereocenters. The Kier molecular flexibility index (Phi) is 7.05. The third-order valence-electron chi connectivity index (χ3n) is 2.57. The smallest absolute Gasteiger partial charge is 0.272 e. The summed E-state index contributed by atoms with van der Waals surface area (Å²) in [6, 6.07) is 0. The van der Waals surface area contributed by atoms with Gasteiger partial charge in [-0.2, -0.15) is 0 Å². The molecule has 0 saturated heterocycles. The first-order valence-corrected chi connectivity index (χ1v) is 5.69. The number of carbonyl (C=O) groups excluding carboxylic acids is 1. The Morgan fingerprint density at radius 2 is 2.07 bits per heavy atom. The van der Waals surface area contributed by atoms with Crippen molar-refractivity contribution >= 4 is 5.91 Å². The zero-order valence-electron chi connectivity index (χ0n) is 10.1. The maximum absolute atomic E-state index is 11.3. The monoisotopic (exact) mass is 213 g/mol. The van der Waals surface area contributed by atoms with Gasteiger partial charge >= 0.3 is 0 Å². The largest absolute Gasteiger partial charge is 0.286 e. The molecule has 88 valence electrons. The molecule has 0 saturated carbocycles. The quantitative estimate of drug-likeness (QED) is 0.401. The summed E-state index contributed by atoms with van der Waals surface area (Å²) >= 11 is 0. The Morgan fingerprint density at radius 1 is 1.47 bits per heavy atom. The summed E-state index contributed by atoms with van der Waals surface area (Å²) in [6.07, 6.45) is 4.35. The number of hydrogen-bond acceptors (Lipinski definition) is 2. The minimum absolute atomic E-state index is 0.370. The van der Waals surface area contributed by atoms with E-state index >= 15 is 0 Å². The van der Waals surface area contributed by atoms with E-state index in [1.807, 2.05) is 0 Å². The number of nitrogens with zero attached hydrogens (tertiary/aromatic N) is 1. The van der Waals surface area contributed by atoms with Crippen LogP contribution in [0.4, 0.5) is 0 Å². The van der Waals surface area contributed by atoms with Crippen molar-refractivity contribution in [1.82, 2.24) is 5.06 Å². The second kappa shape index (κ2) is 7.46. The molecule has 1 amide bonds. The summed E-state index contributed by atoms with van der Waals surface area (Å²) < 4.78 is 0. The third-order valence-corrected chi connectivity index (χ3v) is 2.57. The van der Waals surface area contributed by atoms with Gasteiger partial charge in [0.2, 0.25) is 0 Å². The molecule has 15 heavy (non-hydrogen) atoms. The van der Waals surface area contributed by atoms with E-state index in [1.54, 1.807) is 6.92 Å². The maximum atomic E-state index is 11.3. The Balaban J connectivity index is 4.05. The second-order valence-corrected chi connectivity index (χ2v) is 4.08. The molecule has 0 radical (unpaired) electrons. The van der Waals surface area contributed by atoms with Crippen LogP contribution in [0.2, 0.25) is 0 Å². The van der Waals surface area contributed by atoms with Crippen molar-refractivity contribution in [2.45, 2.75) is 46.5 Å². The van der Waals surface area contributed by atoms with Gasteiger partial charge in [-0.3, -0.25) is 10.0 Å². The Morgan fingerprint density at radius 3 is 2.47 bits per heavy atom. The van der Waals surface area contributed by atoms with E-state index in [0.29, 0.717) is 18.0 Å². The van der Waals surface area contributed by atoms with E-state index in [9.17, 15) is 10.0 Å². The van der Waals surface area contributed by atoms with Crippen molar-refractivity contribution in [2.75, 3.05) is 6.54 Å². The minimum Gasteiger partial charge on any atom is -0.286 e. The van der Waals surface area contributed by atoms with E-state index < -0.39 is 0 Å². The fraction of sp³-hybridized carbons (Fsp3) is 0.750. The molecule has 1 N–H and O–H groups in total. The average Bonchev–Trinajstić information content (AvgIpc) is 2.22. The number of rotatable bonds is 7. The number of amides is 1. The van der Waals surface area contributed by atoms with Gasteiger partial charge in [-0.25, -0.2) is 5.06 Å². The molecule has 1 atom stereocenters. The molecule has 0 aliphatic carbocycles. The molecule has 0 aromatic carbocycles. The normalized spacial score (nSPS) is 12.3. The number of hydroxylamine groups is 2. The van der Waals surface area contributed by atoms with E-state index in [2.05, 4.69) is 20.4 Å². The van der Waals surface area contributed by atoms with Crippen LogP contribution in [0.1, 0.15) is 46.5 Å². The summed E-state index contributed by atoms with van der Waals surface area (Å²) in [5.74, 6) is 0.0169. The van der Waals surface area contributed by atoms with Gasteiger partial charge in [0.15, 0.2) is 0 Å². The Bertz CT molecular complexity index is 214. The lowest BCUT2D eigenvalue weighted by Crippen LogP contribution is -2.32. The maximum Gasteiger partial charge on any atom is 0.272 e. The summed E-state index contributed by atoms with van der Waals surface area (Å²) in [5.41, 5.74) is 0.378. The predicted octanol–water partition coefficient (Wildman–Crippen LogP) is 3.00. The van der Waals surface area contributed by atoms with Gasteiger partial charge in [-0.1, -0.05) is 39.7 Å². The summed E-state index contributed by atoms with van der Waals surface area (Å²) in [5, 5.41) is 10.3. The first-order valence-electron chi connectivity index (χ1n) is 5.69. The van der Waals surface area contributed by atoms with Gasteiger partial charge in [0.25, 0.3) is 5.91 Å². The fourth-order valence-corrected chi connectivity index (χ4v) is 1.47. The number of unbranched alkanes of at least 4 members (excludes halogenated alkanes) is 1. The summed E-state index contributed by atoms with van der Waals surface area (Å²) in [4.78, 5) is 11.3. The van der Waals surface area contributed by atoms with E-state index in [1.165, 1.54) is 0 Å². The van der Waals surface area contributed by atoms with Crippen LogP contribution in [0.5, 0.6) is 0 Å². The second-order valence-electron chi connectivity index (χ2n) is 4.08. The van der Waals surface area contributed by atoms with Crippen molar-refractivity contribution in [2.24, 2.45) is 5.92 Å². The van der Waals surface area contributed by atoms with Gasteiger partial charge in [-0.05, 0) is 19.3 Å². The first kappa shape index (κ1) is 14.2. The SMILES string of the molecule is C=C(C)C(=O)N(O)CC(CC)CCCC. The third kappa shape index (κ3) is 5.57. The molecule has 0 aromatic rings. The van der Waals surface area contributed by atoms with Crippen molar-refractivity contribution in [3.8, 4) is 0 Å². The van der Waals surface area contributed by atoms with Crippen LogP contribution in [0.15, 0.2) is 12.2 Å². The van der Waals surface area contributed by atoms with Crippen LogP contribution < -0.4 is 0 Å². The van der Waals surface area contributed by atoms with Crippen LogP contribution in [-0.4, -0.2) is 22.7 Å². The van der Waals surface area contributed by atoms with Crippen LogP contribution in [0, 0.1) is 5.92 Å². The molecule has 0 aliphatic rings. The van der Waals surface area contributed by atoms with Gasteiger partial charge in [0.1, 0.15) is 0 Å². The minimum atomic E-state index is -0.370. The van der Waals surface area contributed by atoms with Gasteiger partial charge < -0.3 is 0 Å². The molecule has 0 aliphatic heterocycles. The highest BCUT2D eigenvalue weighted by Gasteiger charge is 2.16. The topological polar surface area (TPSA) is 40.5 Å². The highest BCUT2D eigenvalue weighted by molar-refractivity contribution is 5.91.